The van der Waals surface area contributed by atoms with E-state index in [4.69, 9.17) is 25.8 Å². The van der Waals surface area contributed by atoms with Gasteiger partial charge >= 0.3 is 0 Å². The third kappa shape index (κ3) is 3.66. The van der Waals surface area contributed by atoms with Crippen LogP contribution in [0.3, 0.4) is 0 Å². The van der Waals surface area contributed by atoms with E-state index in [0.717, 1.165) is 16.9 Å². The van der Waals surface area contributed by atoms with Gasteiger partial charge in [0, 0.05) is 16.1 Å². The molecule has 3 aromatic rings. The lowest BCUT2D eigenvalue weighted by molar-refractivity contribution is 0.355. The van der Waals surface area contributed by atoms with Crippen molar-refractivity contribution in [1.29, 1.82) is 0 Å². The van der Waals surface area contributed by atoms with E-state index in [-0.39, 0.29) is 0 Å². The first kappa shape index (κ1) is 17.0. The van der Waals surface area contributed by atoms with Gasteiger partial charge in [0.1, 0.15) is 5.75 Å². The van der Waals surface area contributed by atoms with Gasteiger partial charge in [-0.3, -0.25) is 0 Å². The number of aromatic nitrogens is 4. The van der Waals surface area contributed by atoms with Crippen molar-refractivity contribution in [1.82, 2.24) is 20.2 Å². The monoisotopic (exact) mass is 360 g/mol. The molecule has 0 aliphatic heterocycles. The first-order valence-electron chi connectivity index (χ1n) is 7.47. The molecule has 0 radical (unpaired) electrons. The Hall–Kier alpha value is -2.80. The molecule has 25 heavy (non-hydrogen) atoms. The number of benzene rings is 2. The molecule has 0 aliphatic rings. The van der Waals surface area contributed by atoms with Crippen LogP contribution in [-0.2, 0) is 6.54 Å². The fourth-order valence-corrected chi connectivity index (χ4v) is 2.62. The highest BCUT2D eigenvalue weighted by atomic mass is 35.5. The number of hydrogen-bond donors (Lipinski definition) is 0. The van der Waals surface area contributed by atoms with Gasteiger partial charge in [-0.15, -0.1) is 10.2 Å². The molecule has 130 valence electrons. The first-order valence-corrected chi connectivity index (χ1v) is 7.85. The van der Waals surface area contributed by atoms with Gasteiger partial charge in [-0.1, -0.05) is 11.6 Å². The predicted molar refractivity (Wildman–Crippen MR) is 93.5 cm³/mol. The summed E-state index contributed by atoms with van der Waals surface area (Å²) in [7, 11) is 4.78. The van der Waals surface area contributed by atoms with Crippen LogP contribution >= 0.6 is 11.6 Å². The maximum absolute atomic E-state index is 6.06. The maximum Gasteiger partial charge on any atom is 0.205 e. The molecular weight excluding hydrogens is 344 g/mol. The van der Waals surface area contributed by atoms with E-state index >= 15 is 0 Å². The van der Waals surface area contributed by atoms with Crippen molar-refractivity contribution in [2.45, 2.75) is 6.54 Å². The Bertz CT molecular complexity index is 882. The summed E-state index contributed by atoms with van der Waals surface area (Å²) in [6, 6.07) is 10.9. The smallest absolute Gasteiger partial charge is 0.205 e. The summed E-state index contributed by atoms with van der Waals surface area (Å²) < 4.78 is 15.9. The van der Waals surface area contributed by atoms with Crippen molar-refractivity contribution >= 4 is 11.6 Å². The Morgan fingerprint density at radius 2 is 1.64 bits per heavy atom. The highest BCUT2D eigenvalue weighted by molar-refractivity contribution is 6.30. The molecule has 0 fully saturated rings. The number of hydrogen-bond acceptors (Lipinski definition) is 6. The molecule has 0 atom stereocenters. The van der Waals surface area contributed by atoms with E-state index in [0.29, 0.717) is 28.9 Å². The van der Waals surface area contributed by atoms with Gasteiger partial charge in [0.15, 0.2) is 11.5 Å². The van der Waals surface area contributed by atoms with Crippen LogP contribution in [0.4, 0.5) is 0 Å². The van der Waals surface area contributed by atoms with Crippen molar-refractivity contribution in [2.24, 2.45) is 0 Å². The Kier molecular flexibility index (Phi) is 5.04. The Labute approximate surface area is 150 Å². The molecule has 2 aromatic carbocycles. The zero-order valence-electron chi connectivity index (χ0n) is 14.1. The minimum Gasteiger partial charge on any atom is -0.496 e. The molecular formula is C17H17ClN4O3. The van der Waals surface area contributed by atoms with Crippen molar-refractivity contribution in [2.75, 3.05) is 21.3 Å². The summed E-state index contributed by atoms with van der Waals surface area (Å²) >= 11 is 6.06. The van der Waals surface area contributed by atoms with Crippen LogP contribution in [0.15, 0.2) is 36.4 Å². The first-order chi connectivity index (χ1) is 12.1. The number of halogens is 1. The molecule has 1 heterocycles. The summed E-state index contributed by atoms with van der Waals surface area (Å²) in [5.74, 6) is 2.45. The number of nitrogens with zero attached hydrogens (tertiary/aromatic N) is 4. The molecule has 8 heteroatoms. The van der Waals surface area contributed by atoms with Crippen molar-refractivity contribution in [3.05, 3.63) is 47.0 Å². The van der Waals surface area contributed by atoms with E-state index in [1.165, 1.54) is 4.80 Å². The molecule has 3 rings (SSSR count). The topological polar surface area (TPSA) is 71.3 Å². The van der Waals surface area contributed by atoms with Crippen LogP contribution < -0.4 is 14.2 Å². The molecule has 0 unspecified atom stereocenters. The summed E-state index contributed by atoms with van der Waals surface area (Å²) in [6.07, 6.45) is 0. The normalized spacial score (nSPS) is 10.6. The fourth-order valence-electron chi connectivity index (χ4n) is 2.42. The van der Waals surface area contributed by atoms with Gasteiger partial charge in [-0.25, -0.2) is 0 Å². The maximum atomic E-state index is 6.06. The molecule has 7 nitrogen and oxygen atoms in total. The summed E-state index contributed by atoms with van der Waals surface area (Å²) in [5.41, 5.74) is 1.65. The van der Waals surface area contributed by atoms with E-state index < -0.39 is 0 Å². The van der Waals surface area contributed by atoms with Crippen LogP contribution in [0.25, 0.3) is 11.4 Å². The summed E-state index contributed by atoms with van der Waals surface area (Å²) in [6.45, 7) is 0.393. The SMILES string of the molecule is COc1ccc(Cl)cc1Cn1nnc(-c2ccc(OC)c(OC)c2)n1. The summed E-state index contributed by atoms with van der Waals surface area (Å²) in [4.78, 5) is 1.49. The van der Waals surface area contributed by atoms with Gasteiger partial charge in [-0.05, 0) is 41.6 Å². The lowest BCUT2D eigenvalue weighted by Gasteiger charge is -2.08. The minimum atomic E-state index is 0.393. The standard InChI is InChI=1S/C17H17ClN4O3/c1-23-14-7-5-13(18)8-12(14)10-22-20-17(19-21-22)11-4-6-15(24-2)16(9-11)25-3/h4-9H,10H2,1-3H3. The second kappa shape index (κ2) is 7.40. The number of rotatable bonds is 6. The van der Waals surface area contributed by atoms with Crippen LogP contribution in [0.1, 0.15) is 5.56 Å². The van der Waals surface area contributed by atoms with E-state index in [9.17, 15) is 0 Å². The Morgan fingerprint density at radius 3 is 2.36 bits per heavy atom. The van der Waals surface area contributed by atoms with Gasteiger partial charge < -0.3 is 14.2 Å². The van der Waals surface area contributed by atoms with Crippen molar-refractivity contribution < 1.29 is 14.2 Å². The average molecular weight is 361 g/mol. The fraction of sp³-hybridized carbons (Fsp3) is 0.235. The van der Waals surface area contributed by atoms with Crippen LogP contribution in [0, 0.1) is 0 Å². The average Bonchev–Trinajstić information content (AvgIpc) is 3.10. The molecule has 0 saturated heterocycles. The lowest BCUT2D eigenvalue weighted by atomic mass is 10.2. The minimum absolute atomic E-state index is 0.393. The number of tetrazole rings is 1. The number of ether oxygens (including phenoxy) is 3. The molecule has 0 amide bonds. The molecule has 1 aromatic heterocycles. The quantitative estimate of drug-likeness (QED) is 0.672. The van der Waals surface area contributed by atoms with Crippen molar-refractivity contribution in [3.63, 3.8) is 0 Å². The third-order valence-corrected chi connectivity index (χ3v) is 3.88. The zero-order chi connectivity index (χ0) is 17.8. The van der Waals surface area contributed by atoms with E-state index in [2.05, 4.69) is 15.4 Å². The van der Waals surface area contributed by atoms with Crippen LogP contribution in [0.5, 0.6) is 17.2 Å². The van der Waals surface area contributed by atoms with Crippen LogP contribution in [-0.4, -0.2) is 41.5 Å². The highest BCUT2D eigenvalue weighted by Gasteiger charge is 2.12. The molecule has 0 saturated carbocycles. The molecule has 0 spiro atoms. The van der Waals surface area contributed by atoms with Gasteiger partial charge in [0.05, 0.1) is 27.9 Å². The Morgan fingerprint density at radius 1 is 0.920 bits per heavy atom. The van der Waals surface area contributed by atoms with E-state index in [1.54, 1.807) is 39.5 Å². The molecule has 0 N–H and O–H groups in total. The highest BCUT2D eigenvalue weighted by Crippen LogP contribution is 2.31. The van der Waals surface area contributed by atoms with Gasteiger partial charge in [-0.2, -0.15) is 4.80 Å². The largest absolute Gasteiger partial charge is 0.496 e. The zero-order valence-corrected chi connectivity index (χ0v) is 14.8. The summed E-state index contributed by atoms with van der Waals surface area (Å²) in [5, 5.41) is 13.2. The molecule has 0 bridgehead atoms. The van der Waals surface area contributed by atoms with Crippen molar-refractivity contribution in [3.8, 4) is 28.6 Å². The lowest BCUT2D eigenvalue weighted by Crippen LogP contribution is -2.05. The Balaban J connectivity index is 1.87. The van der Waals surface area contributed by atoms with E-state index in [1.807, 2.05) is 18.2 Å². The van der Waals surface area contributed by atoms with Gasteiger partial charge in [0.25, 0.3) is 0 Å². The number of methoxy groups -OCH3 is 3. The van der Waals surface area contributed by atoms with Gasteiger partial charge in [0.2, 0.25) is 5.82 Å². The molecule has 0 aliphatic carbocycles. The van der Waals surface area contributed by atoms with Crippen LogP contribution in [0.2, 0.25) is 5.02 Å². The third-order valence-electron chi connectivity index (χ3n) is 3.65. The predicted octanol–water partition coefficient (Wildman–Crippen LogP) is 3.07. The second-order valence-electron chi connectivity index (χ2n) is 5.17. The second-order valence-corrected chi connectivity index (χ2v) is 5.61.